The maximum Gasteiger partial charge on any atom is 0.244 e. The topological polar surface area (TPSA) is 32.2 Å². The highest BCUT2D eigenvalue weighted by molar-refractivity contribution is 7.25. The fraction of sp³-hybridized carbons (Fsp3) is 0.227. The summed E-state index contributed by atoms with van der Waals surface area (Å²) in [5, 5.41) is 5.11. The van der Waals surface area contributed by atoms with Gasteiger partial charge in [0.25, 0.3) is 0 Å². The quantitative estimate of drug-likeness (QED) is 0.188. The van der Waals surface area contributed by atoms with Crippen LogP contribution in [0.4, 0.5) is 17.1 Å². The molecule has 5 heteroatoms. The van der Waals surface area contributed by atoms with Crippen LogP contribution in [0.3, 0.4) is 0 Å². The minimum absolute atomic E-state index is 0.102. The molecule has 4 heterocycles. The molecule has 0 saturated heterocycles. The molecule has 10 rings (SSSR count). The fourth-order valence-corrected chi connectivity index (χ4v) is 10.1. The zero-order valence-corrected chi connectivity index (χ0v) is 29.9. The van der Waals surface area contributed by atoms with E-state index in [0.29, 0.717) is 0 Å². The van der Waals surface area contributed by atoms with Gasteiger partial charge in [-0.1, -0.05) is 88.4 Å². The molecule has 49 heavy (non-hydrogen) atoms. The Hall–Kier alpha value is -4.74. The number of para-hydroxylation sites is 2. The van der Waals surface area contributed by atoms with Crippen LogP contribution in [0.15, 0.2) is 95.4 Å². The molecule has 2 aliphatic rings. The number of thiophene rings is 1. The van der Waals surface area contributed by atoms with Crippen molar-refractivity contribution in [2.45, 2.75) is 65.2 Å². The second-order valence-electron chi connectivity index (χ2n) is 15.8. The number of hydrogen-bond acceptors (Lipinski definition) is 3. The molecule has 0 saturated carbocycles. The van der Waals surface area contributed by atoms with Crippen molar-refractivity contribution in [1.82, 2.24) is 4.98 Å². The highest BCUT2D eigenvalue weighted by atomic mass is 32.1. The highest BCUT2D eigenvalue weighted by Crippen LogP contribution is 2.51. The first-order valence-electron chi connectivity index (χ1n) is 17.6. The lowest BCUT2D eigenvalue weighted by Gasteiger charge is -2.43. The zero-order valence-electron chi connectivity index (χ0n) is 29.0. The molecule has 0 atom stereocenters. The lowest BCUT2D eigenvalue weighted by Crippen LogP contribution is -2.40. The first-order valence-corrected chi connectivity index (χ1v) is 18.4. The van der Waals surface area contributed by atoms with Gasteiger partial charge in [-0.15, -0.1) is 11.3 Å². The van der Waals surface area contributed by atoms with Crippen LogP contribution in [-0.4, -0.2) is 12.3 Å². The van der Waals surface area contributed by atoms with Crippen molar-refractivity contribution in [1.29, 1.82) is 0 Å². The smallest absolute Gasteiger partial charge is 0.244 e. The number of aromatic amines is 1. The number of aromatic nitrogens is 1. The lowest BCUT2D eigenvalue weighted by molar-refractivity contribution is 0.332. The number of rotatable bonds is 2. The summed E-state index contributed by atoms with van der Waals surface area (Å²) in [4.78, 5) is 7.67. The van der Waals surface area contributed by atoms with Crippen LogP contribution < -0.4 is 16.0 Å². The van der Waals surface area contributed by atoms with Gasteiger partial charge in [0, 0.05) is 43.2 Å². The van der Waals surface area contributed by atoms with Crippen LogP contribution in [0.2, 0.25) is 0 Å². The van der Waals surface area contributed by atoms with Crippen molar-refractivity contribution in [3.63, 3.8) is 0 Å². The summed E-state index contributed by atoms with van der Waals surface area (Å²) in [5.74, 6) is 0. The number of nitrogens with one attached hydrogen (secondary N) is 1. The first-order chi connectivity index (χ1) is 23.6. The molecule has 3 nitrogen and oxygen atoms in total. The second-order valence-corrected chi connectivity index (χ2v) is 16.9. The third kappa shape index (κ3) is 4.09. The van der Waals surface area contributed by atoms with E-state index in [9.17, 15) is 0 Å². The van der Waals surface area contributed by atoms with E-state index in [0.717, 1.165) is 18.5 Å². The zero-order chi connectivity index (χ0) is 33.4. The molecule has 0 unspecified atom stereocenters. The number of aryl methyl sites for hydroxylation is 2. The average molecular weight is 655 g/mol. The van der Waals surface area contributed by atoms with Gasteiger partial charge in [0.2, 0.25) is 7.28 Å². The van der Waals surface area contributed by atoms with Gasteiger partial charge in [-0.05, 0) is 101 Å². The lowest BCUT2D eigenvalue weighted by atomic mass is 9.60. The number of benzene rings is 5. The van der Waals surface area contributed by atoms with Gasteiger partial charge in [-0.3, -0.25) is 0 Å². The van der Waals surface area contributed by atoms with Crippen molar-refractivity contribution in [3.05, 3.63) is 113 Å². The van der Waals surface area contributed by atoms with E-state index in [4.69, 9.17) is 4.42 Å². The minimum Gasteiger partial charge on any atom is -0.469 e. The summed E-state index contributed by atoms with van der Waals surface area (Å²) in [5.41, 5.74) is 16.5. The minimum atomic E-state index is 0.102. The van der Waals surface area contributed by atoms with E-state index in [-0.39, 0.29) is 10.8 Å². The summed E-state index contributed by atoms with van der Waals surface area (Å²) in [7, 11) is 0.738. The Morgan fingerprint density at radius 2 is 1.45 bits per heavy atom. The van der Waals surface area contributed by atoms with Gasteiger partial charge in [-0.2, -0.15) is 0 Å². The molecule has 0 bridgehead atoms. The van der Waals surface area contributed by atoms with Gasteiger partial charge in [0.15, 0.2) is 0 Å². The Labute approximate surface area is 291 Å². The fourth-order valence-electron chi connectivity index (χ4n) is 8.99. The summed E-state index contributed by atoms with van der Waals surface area (Å²) < 4.78 is 8.09. The van der Waals surface area contributed by atoms with Crippen molar-refractivity contribution in [2.75, 3.05) is 4.90 Å². The Morgan fingerprint density at radius 1 is 0.735 bits per heavy atom. The Kier molecular flexibility index (Phi) is 5.91. The van der Waals surface area contributed by atoms with Crippen LogP contribution in [0.1, 0.15) is 62.8 Å². The molecule has 1 aliphatic carbocycles. The van der Waals surface area contributed by atoms with Crippen LogP contribution >= 0.6 is 11.3 Å². The SMILES string of the molecule is Cc1cc(-c2cccc3c2[nH]c2sc4ccccc4c23)c2c(c1)N(c1cc3c(cc1C)C(C)(C)CCC3(C)C)c1c(oc3ccccc13)B2. The molecular formula is C44H39BN2OS. The Bertz CT molecular complexity index is 2690. The first kappa shape index (κ1) is 29.2. The van der Waals surface area contributed by atoms with Crippen LogP contribution in [-0.2, 0) is 10.8 Å². The van der Waals surface area contributed by atoms with Crippen molar-refractivity contribution in [2.24, 2.45) is 0 Å². The van der Waals surface area contributed by atoms with Crippen LogP contribution in [0, 0.1) is 13.8 Å². The predicted molar refractivity (Wildman–Crippen MR) is 212 cm³/mol. The number of hydrogen-bond donors (Lipinski definition) is 1. The van der Waals surface area contributed by atoms with Crippen molar-refractivity contribution < 1.29 is 4.42 Å². The van der Waals surface area contributed by atoms with Crippen LogP contribution in [0.25, 0.3) is 53.3 Å². The van der Waals surface area contributed by atoms with Gasteiger partial charge in [0.1, 0.15) is 10.4 Å². The molecule has 3 aromatic heterocycles. The maximum atomic E-state index is 6.77. The molecule has 0 spiro atoms. The summed E-state index contributed by atoms with van der Waals surface area (Å²) in [6, 6.07) is 34.0. The molecule has 1 aliphatic heterocycles. The number of fused-ring (bicyclic) bond motifs is 10. The number of anilines is 3. The highest BCUT2D eigenvalue weighted by Gasteiger charge is 2.39. The molecule has 0 radical (unpaired) electrons. The van der Waals surface area contributed by atoms with Gasteiger partial charge >= 0.3 is 0 Å². The van der Waals surface area contributed by atoms with Crippen molar-refractivity contribution in [3.8, 4) is 11.1 Å². The van der Waals surface area contributed by atoms with Gasteiger partial charge in [0.05, 0.1) is 16.9 Å². The van der Waals surface area contributed by atoms with E-state index >= 15 is 0 Å². The number of nitrogens with zero attached hydrogens (tertiary/aromatic N) is 1. The van der Waals surface area contributed by atoms with E-state index in [1.807, 2.05) is 11.3 Å². The standard InChI is InChI=1S/C44H39BN2OS/c1-24-20-30(26-14-11-15-29-37-28-13-8-10-17-36(28)49-42(37)46-39(26)29)38-34(21-24)47(40-27-12-7-9-16-35(27)48-41(40)45-38)33-23-32-31(22-25(33)2)43(3,4)18-19-44(32,5)6/h7-17,20-23,45-46H,18-19H2,1-6H3. The Balaban J connectivity index is 1.26. The summed E-state index contributed by atoms with van der Waals surface area (Å²) >= 11 is 1.85. The van der Waals surface area contributed by atoms with Gasteiger partial charge in [-0.25, -0.2) is 0 Å². The number of H-pyrrole nitrogens is 1. The normalized spacial score (nSPS) is 16.2. The second kappa shape index (κ2) is 9.92. The Morgan fingerprint density at radius 3 is 2.27 bits per heavy atom. The van der Waals surface area contributed by atoms with Gasteiger partial charge < -0.3 is 14.3 Å². The summed E-state index contributed by atoms with van der Waals surface area (Å²) in [6.07, 6.45) is 2.39. The van der Waals surface area contributed by atoms with Crippen LogP contribution in [0.5, 0.6) is 0 Å². The summed E-state index contributed by atoms with van der Waals surface area (Å²) in [6.45, 7) is 14.2. The molecular weight excluding hydrogens is 615 g/mol. The van der Waals surface area contributed by atoms with E-state index in [2.05, 4.69) is 142 Å². The molecule has 0 amide bonds. The largest absolute Gasteiger partial charge is 0.469 e. The van der Waals surface area contributed by atoms with E-state index in [1.165, 1.54) is 105 Å². The molecule has 5 aromatic carbocycles. The predicted octanol–water partition coefficient (Wildman–Crippen LogP) is 11.1. The molecule has 240 valence electrons. The molecule has 0 fully saturated rings. The van der Waals surface area contributed by atoms with E-state index in [1.54, 1.807) is 0 Å². The third-order valence-corrected chi connectivity index (χ3v) is 12.8. The van der Waals surface area contributed by atoms with E-state index < -0.39 is 0 Å². The molecule has 8 aromatic rings. The average Bonchev–Trinajstić information content (AvgIpc) is 3.75. The maximum absolute atomic E-state index is 6.77. The van der Waals surface area contributed by atoms with Crippen molar-refractivity contribution >= 4 is 89.0 Å². The molecule has 1 N–H and O–H groups in total. The third-order valence-electron chi connectivity index (χ3n) is 11.7. The monoisotopic (exact) mass is 654 g/mol. The number of furan rings is 1.